The van der Waals surface area contributed by atoms with Gasteiger partial charge in [-0.05, 0) is 25.7 Å². The van der Waals surface area contributed by atoms with Crippen LogP contribution in [-0.4, -0.2) is 49.4 Å². The summed E-state index contributed by atoms with van der Waals surface area (Å²) < 4.78 is 5.76. The van der Waals surface area contributed by atoms with Gasteiger partial charge in [-0.25, -0.2) is 0 Å². The molecule has 2 aliphatic heterocycles. The van der Waals surface area contributed by atoms with E-state index >= 15 is 0 Å². The van der Waals surface area contributed by atoms with Crippen LogP contribution >= 0.6 is 0 Å². The van der Waals surface area contributed by atoms with Crippen molar-refractivity contribution in [3.8, 4) is 0 Å². The molecule has 88 valence electrons. The lowest BCUT2D eigenvalue weighted by atomic mass is 10.1. The number of nitrogens with zero attached hydrogens (tertiary/aromatic N) is 2. The van der Waals surface area contributed by atoms with Crippen LogP contribution in [0.1, 0.15) is 38.5 Å². The Hall–Kier alpha value is -0.120. The first kappa shape index (κ1) is 11.4. The smallest absolute Gasteiger partial charge is 0.101 e. The highest BCUT2D eigenvalue weighted by Gasteiger charge is 2.12. The first-order valence-electron chi connectivity index (χ1n) is 6.47. The van der Waals surface area contributed by atoms with Gasteiger partial charge in [0.2, 0.25) is 0 Å². The van der Waals surface area contributed by atoms with E-state index in [0.717, 1.165) is 13.5 Å². The van der Waals surface area contributed by atoms with Gasteiger partial charge in [-0.15, -0.1) is 0 Å². The van der Waals surface area contributed by atoms with Crippen molar-refractivity contribution >= 4 is 0 Å². The molecule has 0 unspecified atom stereocenters. The summed E-state index contributed by atoms with van der Waals surface area (Å²) >= 11 is 0. The molecule has 0 radical (unpaired) electrons. The Kier molecular flexibility index (Phi) is 4.90. The van der Waals surface area contributed by atoms with Crippen molar-refractivity contribution in [3.63, 3.8) is 0 Å². The van der Waals surface area contributed by atoms with Crippen molar-refractivity contribution in [3.05, 3.63) is 0 Å². The second kappa shape index (κ2) is 6.46. The molecule has 2 rings (SSSR count). The van der Waals surface area contributed by atoms with Gasteiger partial charge in [0.1, 0.15) is 13.5 Å². The van der Waals surface area contributed by atoms with Crippen LogP contribution in [0, 0.1) is 0 Å². The highest BCUT2D eigenvalue weighted by molar-refractivity contribution is 4.62. The summed E-state index contributed by atoms with van der Waals surface area (Å²) in [5, 5.41) is 0. The highest BCUT2D eigenvalue weighted by Crippen LogP contribution is 2.10. The Morgan fingerprint density at radius 3 is 1.40 bits per heavy atom. The van der Waals surface area contributed by atoms with Gasteiger partial charge in [0.15, 0.2) is 0 Å². The Morgan fingerprint density at radius 2 is 1.00 bits per heavy atom. The van der Waals surface area contributed by atoms with E-state index in [1.54, 1.807) is 0 Å². The lowest BCUT2D eigenvalue weighted by Crippen LogP contribution is -2.36. The van der Waals surface area contributed by atoms with Crippen LogP contribution in [0.25, 0.3) is 0 Å². The van der Waals surface area contributed by atoms with Crippen LogP contribution in [0.5, 0.6) is 0 Å². The third-order valence-corrected chi connectivity index (χ3v) is 3.45. The predicted molar refractivity (Wildman–Crippen MR) is 61.7 cm³/mol. The van der Waals surface area contributed by atoms with Gasteiger partial charge >= 0.3 is 0 Å². The molecule has 0 aromatic carbocycles. The molecule has 3 heteroatoms. The highest BCUT2D eigenvalue weighted by atomic mass is 16.5. The summed E-state index contributed by atoms with van der Waals surface area (Å²) in [6.45, 7) is 6.63. The van der Waals surface area contributed by atoms with E-state index in [2.05, 4.69) is 9.80 Å². The number of ether oxygens (including phenoxy) is 1. The minimum absolute atomic E-state index is 0.844. The van der Waals surface area contributed by atoms with Gasteiger partial charge in [0.25, 0.3) is 0 Å². The normalized spacial score (nSPS) is 25.6. The zero-order valence-corrected chi connectivity index (χ0v) is 9.79. The molecule has 0 saturated carbocycles. The molecule has 15 heavy (non-hydrogen) atoms. The minimum atomic E-state index is 0.844. The maximum atomic E-state index is 5.76. The lowest BCUT2D eigenvalue weighted by molar-refractivity contribution is -0.0404. The Bertz CT molecular complexity index is 145. The van der Waals surface area contributed by atoms with Gasteiger partial charge < -0.3 is 4.74 Å². The quantitative estimate of drug-likeness (QED) is 0.708. The SMILES string of the molecule is C1CCN(COCN2CCCCC2)CC1. The minimum Gasteiger partial charge on any atom is -0.351 e. The van der Waals surface area contributed by atoms with E-state index < -0.39 is 0 Å². The van der Waals surface area contributed by atoms with Crippen LogP contribution < -0.4 is 0 Å². The molecule has 2 fully saturated rings. The summed E-state index contributed by atoms with van der Waals surface area (Å²) in [5.74, 6) is 0. The van der Waals surface area contributed by atoms with E-state index in [4.69, 9.17) is 4.74 Å². The van der Waals surface area contributed by atoms with Gasteiger partial charge in [0, 0.05) is 26.2 Å². The molecule has 2 heterocycles. The molecule has 0 atom stereocenters. The third-order valence-electron chi connectivity index (χ3n) is 3.45. The Labute approximate surface area is 93.4 Å². The molecule has 0 N–H and O–H groups in total. The maximum Gasteiger partial charge on any atom is 0.101 e. The van der Waals surface area contributed by atoms with Crippen molar-refractivity contribution in [2.45, 2.75) is 38.5 Å². The molecule has 3 nitrogen and oxygen atoms in total. The molecule has 0 aliphatic carbocycles. The molecule has 2 saturated heterocycles. The van der Waals surface area contributed by atoms with E-state index in [1.807, 2.05) is 0 Å². The summed E-state index contributed by atoms with van der Waals surface area (Å²) in [7, 11) is 0. The molecular formula is C12H24N2O. The van der Waals surface area contributed by atoms with E-state index in [0.29, 0.717) is 0 Å². The van der Waals surface area contributed by atoms with Gasteiger partial charge in [-0.3, -0.25) is 9.80 Å². The summed E-state index contributed by atoms with van der Waals surface area (Å²) in [5.41, 5.74) is 0. The zero-order valence-electron chi connectivity index (χ0n) is 9.79. The first-order valence-corrected chi connectivity index (χ1v) is 6.47. The molecular weight excluding hydrogens is 188 g/mol. The van der Waals surface area contributed by atoms with Crippen molar-refractivity contribution in [1.29, 1.82) is 0 Å². The van der Waals surface area contributed by atoms with Crippen LogP contribution in [0.3, 0.4) is 0 Å². The average Bonchev–Trinajstić information content (AvgIpc) is 2.32. The fourth-order valence-corrected chi connectivity index (χ4v) is 2.48. The largest absolute Gasteiger partial charge is 0.351 e. The van der Waals surface area contributed by atoms with Crippen LogP contribution in [-0.2, 0) is 4.74 Å². The second-order valence-electron chi connectivity index (χ2n) is 4.82. The number of hydrogen-bond donors (Lipinski definition) is 0. The topological polar surface area (TPSA) is 15.7 Å². The molecule has 0 spiro atoms. The van der Waals surface area contributed by atoms with Crippen molar-refractivity contribution < 1.29 is 4.74 Å². The fraction of sp³-hybridized carbons (Fsp3) is 1.00. The van der Waals surface area contributed by atoms with Crippen molar-refractivity contribution in [2.75, 3.05) is 39.6 Å². The van der Waals surface area contributed by atoms with Crippen LogP contribution in [0.15, 0.2) is 0 Å². The van der Waals surface area contributed by atoms with Crippen molar-refractivity contribution in [1.82, 2.24) is 9.80 Å². The Balaban J connectivity index is 1.53. The summed E-state index contributed by atoms with van der Waals surface area (Å²) in [4.78, 5) is 4.88. The monoisotopic (exact) mass is 212 g/mol. The van der Waals surface area contributed by atoms with Gasteiger partial charge in [-0.2, -0.15) is 0 Å². The number of hydrogen-bond acceptors (Lipinski definition) is 3. The third kappa shape index (κ3) is 4.09. The standard InChI is InChI=1S/C12H24N2O/c1-3-7-13(8-4-1)11-15-12-14-9-5-2-6-10-14/h1-12H2. The number of piperidine rings is 2. The van der Waals surface area contributed by atoms with E-state index in [-0.39, 0.29) is 0 Å². The van der Waals surface area contributed by atoms with Crippen LogP contribution in [0.4, 0.5) is 0 Å². The number of likely N-dealkylation sites (tertiary alicyclic amines) is 2. The van der Waals surface area contributed by atoms with Crippen molar-refractivity contribution in [2.24, 2.45) is 0 Å². The summed E-state index contributed by atoms with van der Waals surface area (Å²) in [6, 6.07) is 0. The fourth-order valence-electron chi connectivity index (χ4n) is 2.48. The van der Waals surface area contributed by atoms with E-state index in [9.17, 15) is 0 Å². The zero-order chi connectivity index (χ0) is 10.3. The molecule has 0 bridgehead atoms. The molecule has 0 aromatic rings. The molecule has 0 amide bonds. The second-order valence-corrected chi connectivity index (χ2v) is 4.82. The van der Waals surface area contributed by atoms with Gasteiger partial charge in [0.05, 0.1) is 0 Å². The van der Waals surface area contributed by atoms with Crippen LogP contribution in [0.2, 0.25) is 0 Å². The first-order chi connectivity index (χ1) is 7.45. The lowest BCUT2D eigenvalue weighted by Gasteiger charge is -2.29. The van der Waals surface area contributed by atoms with Gasteiger partial charge in [-0.1, -0.05) is 12.8 Å². The Morgan fingerprint density at radius 1 is 0.600 bits per heavy atom. The van der Waals surface area contributed by atoms with E-state index in [1.165, 1.54) is 64.7 Å². The summed E-state index contributed by atoms with van der Waals surface area (Å²) in [6.07, 6.45) is 8.23. The molecule has 2 aliphatic rings. The number of rotatable bonds is 4. The molecule has 0 aromatic heterocycles. The predicted octanol–water partition coefficient (Wildman–Crippen LogP) is 1.89. The average molecular weight is 212 g/mol. The maximum absolute atomic E-state index is 5.76.